The summed E-state index contributed by atoms with van der Waals surface area (Å²) in [6, 6.07) is 26.5. The molecule has 0 bridgehead atoms. The molecule has 2 aromatic heterocycles. The van der Waals surface area contributed by atoms with Gasteiger partial charge < -0.3 is 9.47 Å². The minimum atomic E-state index is -1.81. The fourth-order valence-electron chi connectivity index (χ4n) is 11.4. The molecule has 1 aliphatic carbocycles. The van der Waals surface area contributed by atoms with Gasteiger partial charge in [0.1, 0.15) is 22.7 Å². The summed E-state index contributed by atoms with van der Waals surface area (Å²) in [5.74, 6) is 1.81. The van der Waals surface area contributed by atoms with E-state index in [1.54, 1.807) is 0 Å². The van der Waals surface area contributed by atoms with Crippen molar-refractivity contribution in [1.82, 2.24) is 9.55 Å². The Hall–Kier alpha value is -5.68. The normalized spacial score (nSPS) is 21.1. The van der Waals surface area contributed by atoms with E-state index in [1.165, 1.54) is 33.2 Å². The standard InChI is InChI=1S/C58H63N3O2/c1-31-17-36(6)50(37(7)18-31)38-23-39(53-60-57(16)29-40-20-33(3)34(4)21-45(40)58(57,63-53)55(11,12)13)25-42(24-38)62-49-28-48-46(22-35(49)5)56(14,15)47-27-41(54(8,9)10)26-43-44-19-32(2)30-59-52(44)61(48)51(43)47/h17-28,30H,29H2,1-16H3/t57-,58-/m1/s1/i29D2. The highest BCUT2D eigenvalue weighted by atomic mass is 16.5. The van der Waals surface area contributed by atoms with Crippen molar-refractivity contribution in [2.45, 2.75) is 139 Å². The predicted octanol–water partition coefficient (Wildman–Crippen LogP) is 14.8. The van der Waals surface area contributed by atoms with Gasteiger partial charge in [-0.05, 0) is 164 Å². The first-order valence-electron chi connectivity index (χ1n) is 23.6. The number of aromatic nitrogens is 2. The smallest absolute Gasteiger partial charge is 0.217 e. The Kier molecular flexibility index (Phi) is 8.15. The zero-order valence-corrected chi connectivity index (χ0v) is 40.2. The Morgan fingerprint density at radius 2 is 1.33 bits per heavy atom. The first kappa shape index (κ1) is 39.0. The van der Waals surface area contributed by atoms with Crippen molar-refractivity contribution < 1.29 is 12.2 Å². The van der Waals surface area contributed by atoms with Crippen LogP contribution in [0.5, 0.6) is 11.5 Å². The molecule has 0 unspecified atom stereocenters. The predicted molar refractivity (Wildman–Crippen MR) is 262 cm³/mol. The maximum atomic E-state index is 9.81. The Morgan fingerprint density at radius 3 is 2.02 bits per heavy atom. The Balaban J connectivity index is 1.18. The van der Waals surface area contributed by atoms with E-state index < -0.39 is 22.9 Å². The summed E-state index contributed by atoms with van der Waals surface area (Å²) in [5, 5.41) is 2.38. The van der Waals surface area contributed by atoms with E-state index in [-0.39, 0.29) is 10.8 Å². The number of nitrogens with zero attached hydrogens (tertiary/aromatic N) is 3. The fourth-order valence-corrected chi connectivity index (χ4v) is 11.4. The van der Waals surface area contributed by atoms with Gasteiger partial charge in [0.15, 0.2) is 5.60 Å². The zero-order valence-electron chi connectivity index (χ0n) is 42.2. The Morgan fingerprint density at radius 1 is 0.667 bits per heavy atom. The van der Waals surface area contributed by atoms with Gasteiger partial charge >= 0.3 is 0 Å². The van der Waals surface area contributed by atoms with Crippen LogP contribution in [0.1, 0.15) is 137 Å². The van der Waals surface area contributed by atoms with Crippen molar-refractivity contribution in [1.29, 1.82) is 0 Å². The highest BCUT2D eigenvalue weighted by Gasteiger charge is 2.67. The third-order valence-electron chi connectivity index (χ3n) is 14.6. The lowest BCUT2D eigenvalue weighted by molar-refractivity contribution is -0.0724. The maximum absolute atomic E-state index is 9.81. The first-order valence-corrected chi connectivity index (χ1v) is 22.6. The quantitative estimate of drug-likeness (QED) is 0.177. The lowest BCUT2D eigenvalue weighted by Crippen LogP contribution is -2.52. The number of pyridine rings is 1. The van der Waals surface area contributed by atoms with Crippen LogP contribution in [0.2, 0.25) is 0 Å². The second-order valence-electron chi connectivity index (χ2n) is 21.9. The largest absolute Gasteiger partial charge is 0.463 e. The summed E-state index contributed by atoms with van der Waals surface area (Å²) in [6.45, 7) is 34.8. The molecule has 10 rings (SSSR count). The summed E-state index contributed by atoms with van der Waals surface area (Å²) in [5.41, 5.74) is 16.1. The molecule has 63 heavy (non-hydrogen) atoms. The molecule has 7 aromatic rings. The van der Waals surface area contributed by atoms with Gasteiger partial charge in [-0.25, -0.2) is 9.98 Å². The molecule has 0 saturated heterocycles. The van der Waals surface area contributed by atoms with Crippen LogP contribution in [0.15, 0.2) is 84.0 Å². The Bertz CT molecular complexity index is 3260. The third-order valence-corrected chi connectivity index (χ3v) is 14.6. The highest BCUT2D eigenvalue weighted by Crippen LogP contribution is 2.62. The van der Waals surface area contributed by atoms with Crippen LogP contribution in [-0.2, 0) is 27.5 Å². The van der Waals surface area contributed by atoms with Crippen LogP contribution in [0.4, 0.5) is 0 Å². The molecule has 322 valence electrons. The molecule has 4 heterocycles. The molecular weight excluding hydrogens is 771 g/mol. The molecule has 0 amide bonds. The van der Waals surface area contributed by atoms with E-state index in [0.29, 0.717) is 17.2 Å². The van der Waals surface area contributed by atoms with Crippen LogP contribution in [0, 0.1) is 53.9 Å². The summed E-state index contributed by atoms with van der Waals surface area (Å²) in [6.07, 6.45) is 0.167. The molecule has 3 aliphatic rings. The minimum Gasteiger partial charge on any atom is -0.463 e. The van der Waals surface area contributed by atoms with Gasteiger partial charge in [-0.2, -0.15) is 0 Å². The van der Waals surface area contributed by atoms with E-state index in [2.05, 4.69) is 169 Å². The molecular formula is C58H63N3O2. The lowest BCUT2D eigenvalue weighted by Gasteiger charge is -2.46. The second kappa shape index (κ2) is 13.2. The van der Waals surface area contributed by atoms with Crippen LogP contribution < -0.4 is 4.74 Å². The number of hydrogen-bond acceptors (Lipinski definition) is 4. The average Bonchev–Trinajstić information content (AvgIpc) is 3.75. The van der Waals surface area contributed by atoms with Gasteiger partial charge in [0, 0.05) is 54.1 Å². The molecule has 0 fully saturated rings. The van der Waals surface area contributed by atoms with Crippen molar-refractivity contribution >= 4 is 27.8 Å². The van der Waals surface area contributed by atoms with Crippen molar-refractivity contribution in [3.05, 3.63) is 151 Å². The van der Waals surface area contributed by atoms with Crippen LogP contribution in [0.3, 0.4) is 0 Å². The summed E-state index contributed by atoms with van der Waals surface area (Å²) in [7, 11) is 0. The third kappa shape index (κ3) is 5.87. The lowest BCUT2D eigenvalue weighted by atomic mass is 9.65. The fraction of sp³-hybridized carbons (Fsp3) is 0.379. The number of aliphatic imine (C=N–C) groups is 1. The number of hydrogen-bond donors (Lipinski definition) is 0. The number of ether oxygens (including phenoxy) is 2. The van der Waals surface area contributed by atoms with E-state index in [1.807, 2.05) is 25.3 Å². The molecule has 0 radical (unpaired) electrons. The number of rotatable bonds is 4. The summed E-state index contributed by atoms with van der Waals surface area (Å²) < 4.78 is 36.5. The number of benzene rings is 5. The number of aryl methyl sites for hydroxylation is 7. The van der Waals surface area contributed by atoms with Crippen molar-refractivity contribution in [2.24, 2.45) is 10.4 Å². The molecule has 2 atom stereocenters. The van der Waals surface area contributed by atoms with Crippen molar-refractivity contribution in [3.63, 3.8) is 0 Å². The Labute approximate surface area is 377 Å². The maximum Gasteiger partial charge on any atom is 0.217 e. The van der Waals surface area contributed by atoms with Gasteiger partial charge in [-0.1, -0.05) is 91.3 Å². The SMILES string of the molecule is [2H]C1([2H])c2cc(C)c(C)cc2[C@]2(C(C)(C)C)OC(c3cc(Oc4cc5c(cc4C)C(C)(C)c4cc(C(C)(C)C)cc6c7cc(C)cnc7n-5c46)cc(-c4c(C)cc(C)cc4C)c3)=N[C@]12C. The van der Waals surface area contributed by atoms with E-state index in [0.717, 1.165) is 78.1 Å². The summed E-state index contributed by atoms with van der Waals surface area (Å²) in [4.78, 5) is 10.5. The zero-order chi connectivity index (χ0) is 46.9. The van der Waals surface area contributed by atoms with E-state index >= 15 is 0 Å². The van der Waals surface area contributed by atoms with Gasteiger partial charge in [-0.15, -0.1) is 0 Å². The molecule has 2 aliphatic heterocycles. The van der Waals surface area contributed by atoms with Crippen molar-refractivity contribution in [3.8, 4) is 28.3 Å². The van der Waals surface area contributed by atoms with Crippen LogP contribution in [0.25, 0.3) is 38.8 Å². The van der Waals surface area contributed by atoms with E-state index in [4.69, 9.17) is 19.5 Å². The highest BCUT2D eigenvalue weighted by molar-refractivity contribution is 6.11. The second-order valence-corrected chi connectivity index (χ2v) is 21.9. The monoisotopic (exact) mass is 836 g/mol. The first-order chi connectivity index (χ1) is 30.2. The molecule has 0 N–H and O–H groups in total. The molecule has 5 nitrogen and oxygen atoms in total. The summed E-state index contributed by atoms with van der Waals surface area (Å²) >= 11 is 0. The molecule has 0 spiro atoms. The van der Waals surface area contributed by atoms with Crippen LogP contribution in [-0.4, -0.2) is 21.0 Å². The average molecular weight is 836 g/mol. The minimum absolute atomic E-state index is 0.0312. The van der Waals surface area contributed by atoms with Gasteiger partial charge in [0.2, 0.25) is 5.90 Å². The van der Waals surface area contributed by atoms with Crippen molar-refractivity contribution in [2.75, 3.05) is 0 Å². The van der Waals surface area contributed by atoms with Gasteiger partial charge in [0.25, 0.3) is 0 Å². The van der Waals surface area contributed by atoms with Crippen LogP contribution >= 0.6 is 0 Å². The van der Waals surface area contributed by atoms with E-state index in [9.17, 15) is 2.74 Å². The molecule has 0 saturated carbocycles. The topological polar surface area (TPSA) is 48.6 Å². The number of fused-ring (bicyclic) bond motifs is 8. The van der Waals surface area contributed by atoms with Gasteiger partial charge in [-0.3, -0.25) is 4.57 Å². The molecule has 5 heteroatoms. The van der Waals surface area contributed by atoms with Gasteiger partial charge in [0.05, 0.1) is 11.2 Å². The molecule has 5 aromatic carbocycles.